The Labute approximate surface area is 124 Å². The molecule has 0 unspecified atom stereocenters. The molecule has 0 fully saturated rings. The summed E-state index contributed by atoms with van der Waals surface area (Å²) in [5, 5.41) is 5.73. The SMILES string of the molecule is CCOC(=O)c1cc(C)sc1NC(=O)c1csc(C)n1. The molecular formula is C13H14N2O3S2. The van der Waals surface area contributed by atoms with E-state index in [1.54, 1.807) is 18.4 Å². The van der Waals surface area contributed by atoms with Gasteiger partial charge in [-0.1, -0.05) is 0 Å². The van der Waals surface area contributed by atoms with Crippen LogP contribution in [0.4, 0.5) is 5.00 Å². The van der Waals surface area contributed by atoms with Gasteiger partial charge in [0.2, 0.25) is 0 Å². The summed E-state index contributed by atoms with van der Waals surface area (Å²) in [5.41, 5.74) is 0.739. The molecule has 0 aliphatic rings. The fourth-order valence-corrected chi connectivity index (χ4v) is 3.09. The van der Waals surface area contributed by atoms with Crippen LogP contribution in [0.2, 0.25) is 0 Å². The molecule has 106 valence electrons. The lowest BCUT2D eigenvalue weighted by atomic mass is 10.3. The Bertz CT molecular complexity index is 646. The number of esters is 1. The fourth-order valence-electron chi connectivity index (χ4n) is 1.60. The number of aryl methyl sites for hydroxylation is 2. The molecule has 20 heavy (non-hydrogen) atoms. The number of ether oxygens (including phenoxy) is 1. The van der Waals surface area contributed by atoms with Gasteiger partial charge in [0.05, 0.1) is 17.2 Å². The van der Waals surface area contributed by atoms with E-state index in [0.717, 1.165) is 9.88 Å². The molecule has 0 radical (unpaired) electrons. The van der Waals surface area contributed by atoms with Crippen molar-refractivity contribution in [3.63, 3.8) is 0 Å². The van der Waals surface area contributed by atoms with Crippen LogP contribution in [0.5, 0.6) is 0 Å². The van der Waals surface area contributed by atoms with Crippen LogP contribution in [0.1, 0.15) is 37.7 Å². The van der Waals surface area contributed by atoms with Gasteiger partial charge in [0.1, 0.15) is 10.7 Å². The van der Waals surface area contributed by atoms with E-state index in [-0.39, 0.29) is 5.91 Å². The first-order chi connectivity index (χ1) is 9.51. The van der Waals surface area contributed by atoms with Crippen molar-refractivity contribution >= 4 is 39.6 Å². The Morgan fingerprint density at radius 3 is 2.75 bits per heavy atom. The number of nitrogens with one attached hydrogen (secondary N) is 1. The summed E-state index contributed by atoms with van der Waals surface area (Å²) < 4.78 is 4.98. The Morgan fingerprint density at radius 1 is 1.40 bits per heavy atom. The molecule has 7 heteroatoms. The maximum Gasteiger partial charge on any atom is 0.341 e. The van der Waals surface area contributed by atoms with Crippen LogP contribution < -0.4 is 5.32 Å². The summed E-state index contributed by atoms with van der Waals surface area (Å²) in [6.45, 7) is 5.75. The van der Waals surface area contributed by atoms with Gasteiger partial charge in [0.25, 0.3) is 5.91 Å². The first kappa shape index (κ1) is 14.7. The van der Waals surface area contributed by atoms with Crippen molar-refractivity contribution in [2.45, 2.75) is 20.8 Å². The number of thiophene rings is 1. The topological polar surface area (TPSA) is 68.3 Å². The van der Waals surface area contributed by atoms with Crippen LogP contribution in [0.25, 0.3) is 0 Å². The third-order valence-electron chi connectivity index (χ3n) is 2.43. The second-order valence-electron chi connectivity index (χ2n) is 4.03. The second-order valence-corrected chi connectivity index (χ2v) is 6.34. The van der Waals surface area contributed by atoms with Crippen molar-refractivity contribution in [3.05, 3.63) is 32.6 Å². The molecule has 1 N–H and O–H groups in total. The smallest absolute Gasteiger partial charge is 0.341 e. The highest BCUT2D eigenvalue weighted by molar-refractivity contribution is 7.16. The minimum Gasteiger partial charge on any atom is -0.462 e. The number of rotatable bonds is 4. The van der Waals surface area contributed by atoms with Crippen LogP contribution in [0.3, 0.4) is 0 Å². The van der Waals surface area contributed by atoms with Gasteiger partial charge in [-0.3, -0.25) is 4.79 Å². The second kappa shape index (κ2) is 6.15. The lowest BCUT2D eigenvalue weighted by molar-refractivity contribution is 0.0528. The summed E-state index contributed by atoms with van der Waals surface area (Å²) >= 11 is 2.75. The molecule has 0 bridgehead atoms. The lowest BCUT2D eigenvalue weighted by Crippen LogP contribution is -2.14. The number of hydrogen-bond acceptors (Lipinski definition) is 6. The zero-order valence-corrected chi connectivity index (χ0v) is 13.0. The zero-order valence-electron chi connectivity index (χ0n) is 11.4. The van der Waals surface area contributed by atoms with E-state index in [4.69, 9.17) is 4.74 Å². The zero-order chi connectivity index (χ0) is 14.7. The van der Waals surface area contributed by atoms with Crippen molar-refractivity contribution < 1.29 is 14.3 Å². The minimum absolute atomic E-state index is 0.298. The van der Waals surface area contributed by atoms with Crippen molar-refractivity contribution in [1.29, 1.82) is 0 Å². The van der Waals surface area contributed by atoms with E-state index >= 15 is 0 Å². The molecule has 2 rings (SSSR count). The first-order valence-corrected chi connectivity index (χ1v) is 7.72. The number of carbonyl (C=O) groups excluding carboxylic acids is 2. The van der Waals surface area contributed by atoms with Crippen molar-refractivity contribution in [2.24, 2.45) is 0 Å². The number of amides is 1. The number of carbonyl (C=O) groups is 2. The highest BCUT2D eigenvalue weighted by Crippen LogP contribution is 2.28. The molecule has 0 spiro atoms. The quantitative estimate of drug-likeness (QED) is 0.880. The molecule has 0 aromatic carbocycles. The average Bonchev–Trinajstić information content (AvgIpc) is 2.96. The highest BCUT2D eigenvalue weighted by Gasteiger charge is 2.19. The number of thiazole rings is 1. The van der Waals surface area contributed by atoms with Gasteiger partial charge in [-0.25, -0.2) is 9.78 Å². The Hall–Kier alpha value is -1.73. The molecule has 2 heterocycles. The standard InChI is InChI=1S/C13H14N2O3S2/c1-4-18-13(17)9-5-7(2)20-12(9)15-11(16)10-6-19-8(3)14-10/h5-6H,4H2,1-3H3,(H,15,16). The molecule has 0 saturated heterocycles. The van der Waals surface area contributed by atoms with Crippen LogP contribution in [0, 0.1) is 13.8 Å². The van der Waals surface area contributed by atoms with Gasteiger partial charge in [-0.15, -0.1) is 22.7 Å². The van der Waals surface area contributed by atoms with Gasteiger partial charge >= 0.3 is 5.97 Å². The summed E-state index contributed by atoms with van der Waals surface area (Å²) in [5.74, 6) is -0.747. The largest absolute Gasteiger partial charge is 0.462 e. The van der Waals surface area contributed by atoms with Gasteiger partial charge in [-0.2, -0.15) is 0 Å². The van der Waals surface area contributed by atoms with Gasteiger partial charge < -0.3 is 10.1 Å². The molecule has 0 aliphatic heterocycles. The van der Waals surface area contributed by atoms with Gasteiger partial charge in [0.15, 0.2) is 0 Å². The molecule has 0 aliphatic carbocycles. The Kier molecular flexibility index (Phi) is 4.51. The van der Waals surface area contributed by atoms with E-state index < -0.39 is 5.97 Å². The summed E-state index contributed by atoms with van der Waals surface area (Å²) in [7, 11) is 0. The van der Waals surface area contributed by atoms with Crippen LogP contribution in [-0.4, -0.2) is 23.5 Å². The van der Waals surface area contributed by atoms with Crippen LogP contribution in [-0.2, 0) is 4.74 Å². The van der Waals surface area contributed by atoms with E-state index in [2.05, 4.69) is 10.3 Å². The molecule has 2 aromatic heterocycles. The predicted molar refractivity (Wildman–Crippen MR) is 79.8 cm³/mol. The van der Waals surface area contributed by atoms with E-state index in [1.165, 1.54) is 22.7 Å². The van der Waals surface area contributed by atoms with Crippen LogP contribution in [0.15, 0.2) is 11.4 Å². The van der Waals surface area contributed by atoms with E-state index in [9.17, 15) is 9.59 Å². The van der Waals surface area contributed by atoms with E-state index in [0.29, 0.717) is 22.9 Å². The van der Waals surface area contributed by atoms with Gasteiger partial charge in [-0.05, 0) is 26.8 Å². The number of nitrogens with zero attached hydrogens (tertiary/aromatic N) is 1. The number of aromatic nitrogens is 1. The molecule has 0 atom stereocenters. The summed E-state index contributed by atoms with van der Waals surface area (Å²) in [6.07, 6.45) is 0. The summed E-state index contributed by atoms with van der Waals surface area (Å²) in [6, 6.07) is 1.71. The highest BCUT2D eigenvalue weighted by atomic mass is 32.1. The monoisotopic (exact) mass is 310 g/mol. The minimum atomic E-state index is -0.429. The van der Waals surface area contributed by atoms with Crippen molar-refractivity contribution in [2.75, 3.05) is 11.9 Å². The van der Waals surface area contributed by atoms with Crippen molar-refractivity contribution in [1.82, 2.24) is 4.98 Å². The number of anilines is 1. The normalized spacial score (nSPS) is 10.3. The third kappa shape index (κ3) is 3.23. The average molecular weight is 310 g/mol. The van der Waals surface area contributed by atoms with Crippen molar-refractivity contribution in [3.8, 4) is 0 Å². The van der Waals surface area contributed by atoms with Crippen LogP contribution >= 0.6 is 22.7 Å². The molecule has 1 amide bonds. The van der Waals surface area contributed by atoms with E-state index in [1.807, 2.05) is 13.8 Å². The first-order valence-electron chi connectivity index (χ1n) is 6.02. The molecular weight excluding hydrogens is 296 g/mol. The fraction of sp³-hybridized carbons (Fsp3) is 0.308. The Morgan fingerprint density at radius 2 is 2.15 bits per heavy atom. The molecule has 5 nitrogen and oxygen atoms in total. The predicted octanol–water partition coefficient (Wildman–Crippen LogP) is 3.25. The molecule has 2 aromatic rings. The maximum atomic E-state index is 12.1. The lowest BCUT2D eigenvalue weighted by Gasteiger charge is -2.04. The summed E-state index contributed by atoms with van der Waals surface area (Å²) in [4.78, 5) is 28.9. The maximum absolute atomic E-state index is 12.1. The molecule has 0 saturated carbocycles. The Balaban J connectivity index is 2.21. The number of hydrogen-bond donors (Lipinski definition) is 1. The third-order valence-corrected chi connectivity index (χ3v) is 4.17. The van der Waals surface area contributed by atoms with Gasteiger partial charge in [0, 0.05) is 10.3 Å².